The molecule has 0 saturated carbocycles. The Hall–Kier alpha value is -6.87. The second-order valence-corrected chi connectivity index (χ2v) is 23.5. The normalized spacial score (nSPS) is 13.3. The maximum atomic E-state index is 15.8. The fourth-order valence-corrected chi connectivity index (χ4v) is 13.1. The van der Waals surface area contributed by atoms with Crippen molar-refractivity contribution in [2.45, 2.75) is 84.1 Å². The van der Waals surface area contributed by atoms with Gasteiger partial charge in [0.05, 0.1) is 52.3 Å². The summed E-state index contributed by atoms with van der Waals surface area (Å²) in [5.41, 5.74) is 8.74. The second kappa shape index (κ2) is 31.8. The fourth-order valence-electron chi connectivity index (χ4n) is 8.73. The van der Waals surface area contributed by atoms with Crippen LogP contribution < -0.4 is 31.6 Å². The number of esters is 4. The van der Waals surface area contributed by atoms with E-state index in [2.05, 4.69) is 35.3 Å². The van der Waals surface area contributed by atoms with Gasteiger partial charge in [-0.2, -0.15) is 4.98 Å². The summed E-state index contributed by atoms with van der Waals surface area (Å²) in [4.78, 5) is 80.5. The predicted octanol–water partition coefficient (Wildman–Crippen LogP) is 5.42. The number of carbonyl (C=O) groups excluding carboxylic acids is 4. The number of nitrogens with zero attached hydrogens (tertiary/aromatic N) is 4. The molecule has 0 radical (unpaired) electrons. The summed E-state index contributed by atoms with van der Waals surface area (Å²) in [6.07, 6.45) is 1.38. The monoisotopic (exact) mass is 1140 g/mol. The summed E-state index contributed by atoms with van der Waals surface area (Å²) in [6.45, 7) is 6.79. The van der Waals surface area contributed by atoms with E-state index in [1.165, 1.54) is 6.33 Å². The predicted molar refractivity (Wildman–Crippen MR) is 305 cm³/mol. The van der Waals surface area contributed by atoms with Crippen LogP contribution in [0.25, 0.3) is 11.2 Å². The Morgan fingerprint density at radius 3 is 1.30 bits per heavy atom. The summed E-state index contributed by atoms with van der Waals surface area (Å²) < 4.78 is 61.4. The van der Waals surface area contributed by atoms with Crippen LogP contribution in [0.1, 0.15) is 49.9 Å². The largest absolute Gasteiger partial charge is 0.465 e. The molecule has 2 aromatic heterocycles. The van der Waals surface area contributed by atoms with E-state index in [9.17, 15) is 24.0 Å². The van der Waals surface area contributed by atoms with Crippen LogP contribution in [0, 0.1) is 0 Å². The molecule has 0 bridgehead atoms. The van der Waals surface area contributed by atoms with Crippen LogP contribution in [-0.2, 0) is 84.2 Å². The van der Waals surface area contributed by atoms with Crippen molar-refractivity contribution in [3.8, 4) is 0 Å². The number of aromatic amines is 1. The maximum Gasteiger partial charge on any atom is 0.323 e. The molecule has 430 valence electrons. The molecule has 0 unspecified atom stereocenters. The van der Waals surface area contributed by atoms with E-state index >= 15 is 9.13 Å². The molecule has 7 N–H and O–H groups in total. The third kappa shape index (κ3) is 19.7. The number of benzene rings is 4. The molecule has 24 heteroatoms. The van der Waals surface area contributed by atoms with Crippen LogP contribution >= 0.6 is 14.9 Å². The summed E-state index contributed by atoms with van der Waals surface area (Å²) in [7, 11) is -8.12. The first kappa shape index (κ1) is 62.3. The van der Waals surface area contributed by atoms with Crippen LogP contribution in [0.3, 0.4) is 0 Å². The van der Waals surface area contributed by atoms with Gasteiger partial charge in [-0.05, 0) is 75.6 Å². The first-order valence-corrected chi connectivity index (χ1v) is 30.5. The lowest BCUT2D eigenvalue weighted by Crippen LogP contribution is -2.47. The minimum atomic E-state index is -4.08. The smallest absolute Gasteiger partial charge is 0.323 e. The zero-order valence-electron chi connectivity index (χ0n) is 45.7. The molecule has 0 spiro atoms. The number of anilines is 1. The first-order chi connectivity index (χ1) is 38.6. The quantitative estimate of drug-likeness (QED) is 0.00952. The van der Waals surface area contributed by atoms with Crippen molar-refractivity contribution < 1.29 is 52.0 Å². The number of imidazole rings is 1. The molecule has 80 heavy (non-hydrogen) atoms. The number of ether oxygens (including phenoxy) is 5. The molecule has 0 saturated heterocycles. The van der Waals surface area contributed by atoms with Gasteiger partial charge in [-0.1, -0.05) is 121 Å². The minimum Gasteiger partial charge on any atom is -0.465 e. The van der Waals surface area contributed by atoms with E-state index in [-0.39, 0.29) is 115 Å². The third-order valence-electron chi connectivity index (χ3n) is 12.6. The van der Waals surface area contributed by atoms with Gasteiger partial charge in [0.15, 0.2) is 11.2 Å². The molecule has 0 amide bonds. The minimum absolute atomic E-state index is 0.0139. The van der Waals surface area contributed by atoms with E-state index in [0.717, 1.165) is 22.3 Å². The number of hydrogen-bond acceptors (Lipinski definition) is 16. The fraction of sp³-hybridized carbons (Fsp3) is 0.411. The molecular formula is C56H74N10O12P2. The summed E-state index contributed by atoms with van der Waals surface area (Å²) in [5, 5.41) is 12.4. The topological polar surface area (TPSA) is 290 Å². The molecule has 4 atom stereocenters. The lowest BCUT2D eigenvalue weighted by molar-refractivity contribution is -0.146. The van der Waals surface area contributed by atoms with Crippen molar-refractivity contribution in [2.75, 3.05) is 70.9 Å². The lowest BCUT2D eigenvalue weighted by Gasteiger charge is -2.31. The summed E-state index contributed by atoms with van der Waals surface area (Å²) in [5.74, 6) is -2.73. The van der Waals surface area contributed by atoms with Gasteiger partial charge >= 0.3 is 23.9 Å². The standard InChI is InChI=1S/C56H74N10O12P2/c1-5-75-52(68)45(35-41-21-13-9-14-22-41)61-79(72,62-46(53(69)76-6-2)36-42-23-15-10-16-24-42)33-31-65(29-30-66-39-58-49-50(66)59-56(57)60-51(49)67)40-74-32-34-80(73,63-47(54(70)77-7-3)37-43-25-17-11-18-26-43)64-48(55(71)78-8-4)38-44-27-19-12-20-28-44/h9-28,39,45-48H,5-8,29-38,40H2,1-4H3,(H2,61,62,72)(H2,63,64,73)(H3,57,59,60,67)/t45-,46-,47-,48-/m0/s1. The van der Waals surface area contributed by atoms with E-state index in [1.54, 1.807) is 37.2 Å². The van der Waals surface area contributed by atoms with E-state index in [1.807, 2.05) is 121 Å². The highest BCUT2D eigenvalue weighted by Crippen LogP contribution is 2.40. The number of rotatable bonds is 35. The van der Waals surface area contributed by atoms with Gasteiger partial charge in [-0.3, -0.25) is 43.0 Å². The van der Waals surface area contributed by atoms with E-state index in [4.69, 9.17) is 29.4 Å². The molecular weight excluding hydrogens is 1070 g/mol. The van der Waals surface area contributed by atoms with Crippen LogP contribution in [0.4, 0.5) is 5.95 Å². The molecule has 4 aromatic carbocycles. The average molecular weight is 1140 g/mol. The molecule has 22 nitrogen and oxygen atoms in total. The van der Waals surface area contributed by atoms with Crippen molar-refractivity contribution in [3.05, 3.63) is 160 Å². The number of H-pyrrole nitrogens is 1. The number of nitrogens with one attached hydrogen (secondary N) is 5. The molecule has 6 rings (SSSR count). The first-order valence-electron chi connectivity index (χ1n) is 26.8. The summed E-state index contributed by atoms with van der Waals surface area (Å²) >= 11 is 0. The zero-order chi connectivity index (χ0) is 57.3. The molecule has 2 heterocycles. The number of hydrogen-bond donors (Lipinski definition) is 6. The second-order valence-electron chi connectivity index (χ2n) is 18.6. The maximum absolute atomic E-state index is 15.8. The van der Waals surface area contributed by atoms with Gasteiger partial charge in [0.25, 0.3) is 5.56 Å². The Bertz CT molecular complexity index is 2910. The highest BCUT2D eigenvalue weighted by atomic mass is 31.2. The van der Waals surface area contributed by atoms with Crippen molar-refractivity contribution in [1.29, 1.82) is 0 Å². The van der Waals surface area contributed by atoms with Crippen LogP contribution in [0.2, 0.25) is 0 Å². The Labute approximate surface area is 466 Å². The van der Waals surface area contributed by atoms with Crippen LogP contribution in [0.5, 0.6) is 0 Å². The third-order valence-corrected chi connectivity index (χ3v) is 17.1. The average Bonchev–Trinajstić information content (AvgIpc) is 3.88. The Morgan fingerprint density at radius 1 is 0.575 bits per heavy atom. The summed E-state index contributed by atoms with van der Waals surface area (Å²) in [6, 6.07) is 32.1. The molecule has 0 fully saturated rings. The van der Waals surface area contributed by atoms with Gasteiger partial charge in [0.1, 0.15) is 24.2 Å². The van der Waals surface area contributed by atoms with Gasteiger partial charge in [-0.25, -0.2) is 25.3 Å². The lowest BCUT2D eigenvalue weighted by atomic mass is 10.1. The van der Waals surface area contributed by atoms with Gasteiger partial charge in [0, 0.05) is 25.8 Å². The van der Waals surface area contributed by atoms with Crippen molar-refractivity contribution in [2.24, 2.45) is 0 Å². The SMILES string of the molecule is CCOC(=O)[C@H](Cc1ccccc1)NP(=O)(CCOCN(CCn1cnc2c(=O)[nH]c(N)nc21)CCP(=O)(N[C@@H](Cc1ccccc1)C(=O)OCC)N[C@@H](Cc1ccccc1)C(=O)OCC)N[C@@H](Cc1ccccc1)C(=O)OCC. The molecule has 0 aliphatic rings. The van der Waals surface area contributed by atoms with E-state index < -0.39 is 68.5 Å². The van der Waals surface area contributed by atoms with E-state index in [0.29, 0.717) is 0 Å². The zero-order valence-corrected chi connectivity index (χ0v) is 47.5. The highest BCUT2D eigenvalue weighted by molar-refractivity contribution is 7.60. The van der Waals surface area contributed by atoms with Crippen molar-refractivity contribution in [3.63, 3.8) is 0 Å². The van der Waals surface area contributed by atoms with Crippen LogP contribution in [-0.4, -0.2) is 138 Å². The van der Waals surface area contributed by atoms with Gasteiger partial charge in [-0.15, -0.1) is 0 Å². The molecule has 0 aliphatic heterocycles. The Balaban J connectivity index is 1.33. The van der Waals surface area contributed by atoms with Gasteiger partial charge < -0.3 is 34.0 Å². The number of nitrogen functional groups attached to an aromatic ring is 1. The number of nitrogens with two attached hydrogens (primary N) is 1. The number of aromatic nitrogens is 4. The molecule has 6 aromatic rings. The van der Waals surface area contributed by atoms with Gasteiger partial charge in [0.2, 0.25) is 20.8 Å². The molecule has 0 aliphatic carbocycles. The van der Waals surface area contributed by atoms with Crippen molar-refractivity contribution >= 4 is 55.9 Å². The Morgan fingerprint density at radius 2 is 0.938 bits per heavy atom. The highest BCUT2D eigenvalue weighted by Gasteiger charge is 2.38. The Kier molecular flexibility index (Phi) is 24.8. The number of fused-ring (bicyclic) bond motifs is 1. The number of carbonyl (C=O) groups is 4. The van der Waals surface area contributed by atoms with Crippen LogP contribution in [0.15, 0.2) is 132 Å². The van der Waals surface area contributed by atoms with Crippen molar-refractivity contribution in [1.82, 2.24) is 44.8 Å².